The first kappa shape index (κ1) is 9.44. The van der Waals surface area contributed by atoms with Gasteiger partial charge in [-0.05, 0) is 19.3 Å². The van der Waals surface area contributed by atoms with Crippen LogP contribution in [0, 0.1) is 5.41 Å². The Labute approximate surface area is 79.3 Å². The van der Waals surface area contributed by atoms with Crippen LogP contribution in [0.3, 0.4) is 0 Å². The fraction of sp³-hybridized carbons (Fsp3) is 1.00. The Bertz CT molecular complexity index is 189. The smallest absolute Gasteiger partial charge is 0.0618 e. The van der Waals surface area contributed by atoms with Crippen molar-refractivity contribution in [3.05, 3.63) is 0 Å². The minimum absolute atomic E-state index is 0.0833. The van der Waals surface area contributed by atoms with Crippen molar-refractivity contribution in [2.24, 2.45) is 11.1 Å². The summed E-state index contributed by atoms with van der Waals surface area (Å²) in [6.45, 7) is 1.57. The first-order valence-corrected chi connectivity index (χ1v) is 5.20. The Balaban J connectivity index is 2.21. The van der Waals surface area contributed by atoms with Crippen LogP contribution in [0.4, 0.5) is 0 Å². The van der Waals surface area contributed by atoms with Crippen LogP contribution in [0.5, 0.6) is 0 Å². The van der Waals surface area contributed by atoms with E-state index in [0.29, 0.717) is 6.61 Å². The minimum atomic E-state index is -0.373. The Hall–Kier alpha value is -0.120. The Morgan fingerprint density at radius 3 is 2.54 bits per heavy atom. The van der Waals surface area contributed by atoms with Crippen molar-refractivity contribution in [2.75, 3.05) is 19.8 Å². The summed E-state index contributed by atoms with van der Waals surface area (Å²) >= 11 is 0. The number of hydrogen-bond donors (Lipinski definition) is 2. The largest absolute Gasteiger partial charge is 0.394 e. The van der Waals surface area contributed by atoms with E-state index < -0.39 is 0 Å². The molecule has 0 radical (unpaired) electrons. The van der Waals surface area contributed by atoms with E-state index in [2.05, 4.69) is 0 Å². The van der Waals surface area contributed by atoms with Crippen LogP contribution in [-0.4, -0.2) is 30.5 Å². The van der Waals surface area contributed by atoms with E-state index in [0.717, 1.165) is 25.9 Å². The van der Waals surface area contributed by atoms with Gasteiger partial charge in [0.05, 0.1) is 13.2 Å². The van der Waals surface area contributed by atoms with Gasteiger partial charge in [-0.2, -0.15) is 0 Å². The third-order valence-corrected chi connectivity index (χ3v) is 3.97. The Kier molecular flexibility index (Phi) is 2.34. The maximum Gasteiger partial charge on any atom is 0.0618 e. The van der Waals surface area contributed by atoms with Crippen LogP contribution in [0.15, 0.2) is 0 Å². The van der Waals surface area contributed by atoms with E-state index in [-0.39, 0.29) is 17.6 Å². The molecule has 3 N–H and O–H groups in total. The van der Waals surface area contributed by atoms with Gasteiger partial charge in [0.2, 0.25) is 0 Å². The van der Waals surface area contributed by atoms with Crippen LogP contribution < -0.4 is 5.73 Å². The van der Waals surface area contributed by atoms with Gasteiger partial charge < -0.3 is 15.6 Å². The lowest BCUT2D eigenvalue weighted by molar-refractivity contribution is -0.0821. The summed E-state index contributed by atoms with van der Waals surface area (Å²) in [6, 6.07) is 0. The normalized spacial score (nSPS) is 38.3. The minimum Gasteiger partial charge on any atom is -0.394 e. The molecule has 13 heavy (non-hydrogen) atoms. The molecule has 3 heteroatoms. The van der Waals surface area contributed by atoms with Crippen molar-refractivity contribution in [3.63, 3.8) is 0 Å². The maximum absolute atomic E-state index is 9.40. The Morgan fingerprint density at radius 1 is 1.23 bits per heavy atom. The number of hydrogen-bond acceptors (Lipinski definition) is 3. The summed E-state index contributed by atoms with van der Waals surface area (Å²) in [7, 11) is 0. The molecule has 1 saturated carbocycles. The fourth-order valence-electron chi connectivity index (χ4n) is 2.87. The molecule has 2 fully saturated rings. The molecule has 1 atom stereocenters. The highest BCUT2D eigenvalue weighted by molar-refractivity contribution is 5.06. The van der Waals surface area contributed by atoms with E-state index in [4.69, 9.17) is 10.5 Å². The van der Waals surface area contributed by atoms with Crippen LogP contribution in [0.25, 0.3) is 0 Å². The quantitative estimate of drug-likeness (QED) is 0.631. The third-order valence-electron chi connectivity index (χ3n) is 3.97. The monoisotopic (exact) mass is 185 g/mol. The number of ether oxygens (including phenoxy) is 1. The zero-order valence-electron chi connectivity index (χ0n) is 8.09. The third kappa shape index (κ3) is 1.30. The standard InChI is InChI=1S/C10H19NO2/c11-10(7-12)5-6-13-8-9(10)3-1-2-4-9/h12H,1-8,11H2. The molecule has 0 bridgehead atoms. The molecule has 0 aromatic heterocycles. The lowest BCUT2D eigenvalue weighted by Gasteiger charge is -2.48. The topological polar surface area (TPSA) is 55.5 Å². The number of aliphatic hydroxyl groups excluding tert-OH is 1. The maximum atomic E-state index is 9.40. The van der Waals surface area contributed by atoms with E-state index in [1.54, 1.807) is 0 Å². The Morgan fingerprint density at radius 2 is 1.92 bits per heavy atom. The summed E-state index contributed by atoms with van der Waals surface area (Å²) < 4.78 is 5.51. The van der Waals surface area contributed by atoms with Crippen molar-refractivity contribution in [2.45, 2.75) is 37.6 Å². The van der Waals surface area contributed by atoms with Crippen molar-refractivity contribution in [3.8, 4) is 0 Å². The lowest BCUT2D eigenvalue weighted by Crippen LogP contribution is -2.62. The summed E-state index contributed by atoms with van der Waals surface area (Å²) in [5, 5.41) is 9.40. The molecule has 0 aromatic carbocycles. The molecule has 1 heterocycles. The average molecular weight is 185 g/mol. The molecule has 1 aliphatic heterocycles. The number of rotatable bonds is 1. The summed E-state index contributed by atoms with van der Waals surface area (Å²) in [4.78, 5) is 0. The molecule has 1 saturated heterocycles. The molecule has 0 amide bonds. The van der Waals surface area contributed by atoms with Gasteiger partial charge in [0.15, 0.2) is 0 Å². The van der Waals surface area contributed by atoms with Gasteiger partial charge in [-0.1, -0.05) is 12.8 Å². The van der Waals surface area contributed by atoms with Crippen LogP contribution in [-0.2, 0) is 4.74 Å². The van der Waals surface area contributed by atoms with E-state index in [9.17, 15) is 5.11 Å². The summed E-state index contributed by atoms with van der Waals surface area (Å²) in [5.74, 6) is 0. The van der Waals surface area contributed by atoms with E-state index >= 15 is 0 Å². The molecule has 1 aliphatic carbocycles. The van der Waals surface area contributed by atoms with Gasteiger partial charge in [0.1, 0.15) is 0 Å². The number of nitrogens with two attached hydrogens (primary N) is 1. The van der Waals surface area contributed by atoms with Crippen molar-refractivity contribution >= 4 is 0 Å². The van der Waals surface area contributed by atoms with Gasteiger partial charge in [0.25, 0.3) is 0 Å². The SMILES string of the molecule is NC1(CO)CCOCC12CCCC2. The van der Waals surface area contributed by atoms with Crippen molar-refractivity contribution in [1.82, 2.24) is 0 Å². The molecule has 76 valence electrons. The molecule has 0 aromatic rings. The zero-order chi connectivity index (χ0) is 9.36. The van der Waals surface area contributed by atoms with Gasteiger partial charge in [-0.3, -0.25) is 0 Å². The van der Waals surface area contributed by atoms with Crippen LogP contribution in [0.2, 0.25) is 0 Å². The highest BCUT2D eigenvalue weighted by atomic mass is 16.5. The van der Waals surface area contributed by atoms with E-state index in [1.807, 2.05) is 0 Å². The molecule has 2 rings (SSSR count). The molecule has 2 aliphatic rings. The lowest BCUT2D eigenvalue weighted by atomic mass is 9.66. The predicted octanol–water partition coefficient (Wildman–Crippen LogP) is 0.657. The molecule has 1 unspecified atom stereocenters. The molecular weight excluding hydrogens is 166 g/mol. The molecular formula is C10H19NO2. The highest BCUT2D eigenvalue weighted by Gasteiger charge is 2.51. The number of aliphatic hydroxyl groups is 1. The summed E-state index contributed by atoms with van der Waals surface area (Å²) in [6.07, 6.45) is 5.54. The fourth-order valence-corrected chi connectivity index (χ4v) is 2.87. The first-order valence-electron chi connectivity index (χ1n) is 5.20. The van der Waals surface area contributed by atoms with Gasteiger partial charge in [-0.25, -0.2) is 0 Å². The molecule has 1 spiro atoms. The van der Waals surface area contributed by atoms with Gasteiger partial charge in [0, 0.05) is 17.6 Å². The van der Waals surface area contributed by atoms with Crippen molar-refractivity contribution in [1.29, 1.82) is 0 Å². The van der Waals surface area contributed by atoms with Crippen LogP contribution in [0.1, 0.15) is 32.1 Å². The second-order valence-electron chi connectivity index (χ2n) is 4.60. The average Bonchev–Trinajstić information content (AvgIpc) is 2.61. The van der Waals surface area contributed by atoms with Gasteiger partial charge >= 0.3 is 0 Å². The first-order chi connectivity index (χ1) is 6.22. The van der Waals surface area contributed by atoms with Crippen molar-refractivity contribution < 1.29 is 9.84 Å². The second kappa shape index (κ2) is 3.23. The summed E-state index contributed by atoms with van der Waals surface area (Å²) in [5.41, 5.74) is 5.98. The second-order valence-corrected chi connectivity index (χ2v) is 4.60. The van der Waals surface area contributed by atoms with Crippen LogP contribution >= 0.6 is 0 Å². The predicted molar refractivity (Wildman–Crippen MR) is 50.3 cm³/mol. The molecule has 3 nitrogen and oxygen atoms in total. The zero-order valence-corrected chi connectivity index (χ0v) is 8.09. The van der Waals surface area contributed by atoms with Gasteiger partial charge in [-0.15, -0.1) is 0 Å². The van der Waals surface area contributed by atoms with E-state index in [1.165, 1.54) is 12.8 Å². The highest BCUT2D eigenvalue weighted by Crippen LogP contribution is 2.48.